The Balaban J connectivity index is 1.34. The second-order valence-corrected chi connectivity index (χ2v) is 16.9. The van der Waals surface area contributed by atoms with Crippen molar-refractivity contribution in [3.8, 4) is 11.5 Å². The largest absolute Gasteiger partial charge is 0.497 e. The first-order valence-electron chi connectivity index (χ1n) is 20.0. The number of urea groups is 2. The SMILES string of the molecule is COC(=O)CC[C@@H](C)[C@H]1CC[C@H]2[C@@H]3[C@H](NC(=O)Nc4ccc(OC)cc4)C[C@@H]4C[C@H](OC(C)=O)CC[C@]4(C)[C@H]3C[C@H](NC(=O)Nc3ccc(OC)cc3)[C@]12C. The van der Waals surface area contributed by atoms with Crippen LogP contribution in [0.4, 0.5) is 21.0 Å². The summed E-state index contributed by atoms with van der Waals surface area (Å²) in [4.78, 5) is 52.2. The van der Waals surface area contributed by atoms with Gasteiger partial charge in [-0.1, -0.05) is 20.8 Å². The molecule has 4 aliphatic rings. The zero-order valence-electron chi connectivity index (χ0n) is 33.4. The van der Waals surface area contributed by atoms with E-state index >= 15 is 0 Å². The lowest BCUT2D eigenvalue weighted by molar-refractivity contribution is -0.166. The van der Waals surface area contributed by atoms with Gasteiger partial charge < -0.3 is 40.2 Å². The number of fused-ring (bicyclic) bond motifs is 5. The molecule has 0 radical (unpaired) electrons. The molecule has 0 bridgehead atoms. The number of methoxy groups -OCH3 is 3. The quantitative estimate of drug-likeness (QED) is 0.170. The van der Waals surface area contributed by atoms with Gasteiger partial charge in [-0.15, -0.1) is 0 Å². The fourth-order valence-corrected chi connectivity index (χ4v) is 11.6. The zero-order chi connectivity index (χ0) is 39.5. The fourth-order valence-electron chi connectivity index (χ4n) is 11.6. The van der Waals surface area contributed by atoms with E-state index in [9.17, 15) is 19.2 Å². The number of rotatable bonds is 11. The van der Waals surface area contributed by atoms with Crippen LogP contribution in [0.2, 0.25) is 0 Å². The Bertz CT molecular complexity index is 1690. The van der Waals surface area contributed by atoms with Crippen molar-refractivity contribution in [2.24, 2.45) is 46.3 Å². The van der Waals surface area contributed by atoms with Crippen molar-refractivity contribution in [1.29, 1.82) is 0 Å². The highest BCUT2D eigenvalue weighted by Gasteiger charge is 2.66. The molecule has 11 atom stereocenters. The number of amides is 4. The molecule has 0 aliphatic heterocycles. The fraction of sp³-hybridized carbons (Fsp3) is 0.628. The first-order chi connectivity index (χ1) is 26.3. The molecule has 2 aromatic carbocycles. The third-order valence-corrected chi connectivity index (χ3v) is 14.3. The summed E-state index contributed by atoms with van der Waals surface area (Å²) in [6.45, 7) is 8.44. The number of hydrogen-bond acceptors (Lipinski definition) is 8. The first kappa shape index (κ1) is 40.2. The lowest BCUT2D eigenvalue weighted by Crippen LogP contribution is -2.67. The number of anilines is 2. The lowest BCUT2D eigenvalue weighted by Gasteiger charge is -2.65. The van der Waals surface area contributed by atoms with E-state index < -0.39 is 0 Å². The predicted octanol–water partition coefficient (Wildman–Crippen LogP) is 7.78. The second-order valence-electron chi connectivity index (χ2n) is 16.9. The molecule has 4 aliphatic carbocycles. The van der Waals surface area contributed by atoms with Gasteiger partial charge in [0.1, 0.15) is 17.6 Å². The summed E-state index contributed by atoms with van der Waals surface area (Å²) in [5.74, 6) is 2.09. The van der Waals surface area contributed by atoms with Crippen LogP contribution in [0.1, 0.15) is 85.5 Å². The van der Waals surface area contributed by atoms with Gasteiger partial charge in [0.25, 0.3) is 0 Å². The number of benzene rings is 2. The van der Waals surface area contributed by atoms with Gasteiger partial charge in [-0.05, 0) is 146 Å². The number of esters is 2. The molecule has 4 N–H and O–H groups in total. The van der Waals surface area contributed by atoms with Crippen LogP contribution >= 0.6 is 0 Å². The summed E-state index contributed by atoms with van der Waals surface area (Å²) in [5, 5.41) is 13.1. The van der Waals surface area contributed by atoms with Gasteiger partial charge >= 0.3 is 24.0 Å². The number of ether oxygens (including phenoxy) is 4. The van der Waals surface area contributed by atoms with Gasteiger partial charge in [0.2, 0.25) is 0 Å². The van der Waals surface area contributed by atoms with Gasteiger partial charge in [-0.25, -0.2) is 9.59 Å². The van der Waals surface area contributed by atoms with Gasteiger partial charge in [0.15, 0.2) is 0 Å². The van der Waals surface area contributed by atoms with E-state index in [4.69, 9.17) is 18.9 Å². The Morgan fingerprint density at radius 2 is 1.38 bits per heavy atom. The summed E-state index contributed by atoms with van der Waals surface area (Å²) in [6, 6.07) is 13.8. The standard InChI is InChI=1S/C43H60N4O8/c1-25(8-19-38(49)54-7)33-17-18-34-39-35(24-37(43(33,34)4)47-41(51)45-29-11-15-31(53-6)16-12-29)42(3)21-20-32(55-26(2)48)22-27(42)23-36(39)46-40(50)44-28-9-13-30(52-5)14-10-28/h9-16,25,27,32-37,39H,8,17-24H2,1-7H3,(H2,44,46,50)(H2,45,47,51)/t25-,27+,32-,33-,34+,35+,36-,37+,39+,42+,43-/m1/s1. The minimum absolute atomic E-state index is 0.0890. The van der Waals surface area contributed by atoms with Crippen molar-refractivity contribution in [2.75, 3.05) is 32.0 Å². The summed E-state index contributed by atoms with van der Waals surface area (Å²) in [6.07, 6.45) is 6.74. The number of carbonyl (C=O) groups is 4. The molecule has 0 aromatic heterocycles. The Morgan fingerprint density at radius 3 is 1.95 bits per heavy atom. The van der Waals surface area contributed by atoms with Gasteiger partial charge in [-0.2, -0.15) is 0 Å². The first-order valence-corrected chi connectivity index (χ1v) is 20.0. The smallest absolute Gasteiger partial charge is 0.319 e. The molecular weight excluding hydrogens is 700 g/mol. The predicted molar refractivity (Wildman–Crippen MR) is 210 cm³/mol. The van der Waals surface area contributed by atoms with Crippen molar-refractivity contribution < 1.29 is 38.1 Å². The van der Waals surface area contributed by atoms with E-state index in [0.717, 1.165) is 44.9 Å². The maximum Gasteiger partial charge on any atom is 0.319 e. The maximum atomic E-state index is 14.0. The molecular formula is C43H60N4O8. The maximum absolute atomic E-state index is 14.0. The van der Waals surface area contributed by atoms with E-state index in [-0.39, 0.29) is 88.5 Å². The van der Waals surface area contributed by atoms with E-state index in [2.05, 4.69) is 42.0 Å². The van der Waals surface area contributed by atoms with Crippen LogP contribution in [-0.4, -0.2) is 63.5 Å². The van der Waals surface area contributed by atoms with Crippen LogP contribution in [0.25, 0.3) is 0 Å². The Labute approximate surface area is 325 Å². The summed E-state index contributed by atoms with van der Waals surface area (Å²) < 4.78 is 21.4. The van der Waals surface area contributed by atoms with Gasteiger partial charge in [0.05, 0.1) is 21.3 Å². The molecule has 12 nitrogen and oxygen atoms in total. The summed E-state index contributed by atoms with van der Waals surface area (Å²) in [7, 11) is 4.65. The highest BCUT2D eigenvalue weighted by atomic mass is 16.5. The van der Waals surface area contributed by atoms with Gasteiger partial charge in [0, 0.05) is 36.8 Å². The molecule has 0 unspecified atom stereocenters. The van der Waals surface area contributed by atoms with Crippen LogP contribution in [0, 0.1) is 46.3 Å². The van der Waals surface area contributed by atoms with Crippen molar-refractivity contribution >= 4 is 35.4 Å². The highest BCUT2D eigenvalue weighted by molar-refractivity contribution is 5.90. The van der Waals surface area contributed by atoms with Gasteiger partial charge in [-0.3, -0.25) is 9.59 Å². The highest BCUT2D eigenvalue weighted by Crippen LogP contribution is 2.68. The van der Waals surface area contributed by atoms with E-state index in [1.807, 2.05) is 48.5 Å². The summed E-state index contributed by atoms with van der Waals surface area (Å²) in [5.41, 5.74) is 0.931. The average Bonchev–Trinajstić information content (AvgIpc) is 3.52. The van der Waals surface area contributed by atoms with Crippen molar-refractivity contribution in [2.45, 2.75) is 104 Å². The molecule has 0 heterocycles. The Hall–Kier alpha value is -4.48. The number of nitrogens with one attached hydrogen (secondary N) is 4. The minimum atomic E-state index is -0.321. The van der Waals surface area contributed by atoms with E-state index in [1.165, 1.54) is 14.0 Å². The van der Waals surface area contributed by atoms with Crippen molar-refractivity contribution in [3.05, 3.63) is 48.5 Å². The Morgan fingerprint density at radius 1 is 0.782 bits per heavy atom. The molecule has 4 fully saturated rings. The molecule has 0 saturated heterocycles. The molecule has 6 rings (SSSR count). The topological polar surface area (TPSA) is 153 Å². The molecule has 2 aromatic rings. The van der Waals surface area contributed by atoms with E-state index in [1.54, 1.807) is 14.2 Å². The summed E-state index contributed by atoms with van der Waals surface area (Å²) >= 11 is 0. The zero-order valence-corrected chi connectivity index (χ0v) is 33.4. The van der Waals surface area contributed by atoms with Crippen LogP contribution in [0.5, 0.6) is 11.5 Å². The third-order valence-electron chi connectivity index (χ3n) is 14.3. The van der Waals surface area contributed by atoms with Crippen LogP contribution in [0.3, 0.4) is 0 Å². The molecule has 0 spiro atoms. The lowest BCUT2D eigenvalue weighted by atomic mass is 9.42. The van der Waals surface area contributed by atoms with Crippen molar-refractivity contribution in [3.63, 3.8) is 0 Å². The molecule has 55 heavy (non-hydrogen) atoms. The number of carbonyl (C=O) groups excluding carboxylic acids is 4. The average molecular weight is 761 g/mol. The molecule has 12 heteroatoms. The minimum Gasteiger partial charge on any atom is -0.497 e. The van der Waals surface area contributed by atoms with Crippen LogP contribution in [-0.2, 0) is 19.1 Å². The second kappa shape index (κ2) is 16.7. The van der Waals surface area contributed by atoms with Crippen LogP contribution in [0.15, 0.2) is 48.5 Å². The molecule has 300 valence electrons. The third kappa shape index (κ3) is 8.38. The molecule has 4 amide bonds. The van der Waals surface area contributed by atoms with E-state index in [0.29, 0.717) is 35.7 Å². The van der Waals surface area contributed by atoms with Crippen LogP contribution < -0.4 is 30.7 Å². The monoisotopic (exact) mass is 760 g/mol. The molecule has 4 saturated carbocycles. The Kier molecular flexibility index (Phi) is 12.2. The number of hydrogen-bond donors (Lipinski definition) is 4. The normalized spacial score (nSPS) is 32.6. The van der Waals surface area contributed by atoms with Crippen molar-refractivity contribution in [1.82, 2.24) is 10.6 Å².